The molecular formula is C18H17Cl2F6N2P. The first-order chi connectivity index (χ1) is 12.9. The molecule has 0 spiro atoms. The van der Waals surface area contributed by atoms with Crippen LogP contribution in [0.15, 0.2) is 16.9 Å². The maximum Gasteiger partial charge on any atom is 0.433 e. The van der Waals surface area contributed by atoms with E-state index in [0.717, 1.165) is 7.05 Å². The summed E-state index contributed by atoms with van der Waals surface area (Å²) >= 11 is 12.4. The zero-order chi connectivity index (χ0) is 22.5. The van der Waals surface area contributed by atoms with E-state index in [1.165, 1.54) is 25.1 Å². The third kappa shape index (κ3) is 5.04. The van der Waals surface area contributed by atoms with Gasteiger partial charge in [-0.1, -0.05) is 36.4 Å². The topological polar surface area (TPSA) is 17.8 Å². The van der Waals surface area contributed by atoms with Crippen molar-refractivity contribution >= 4 is 42.5 Å². The minimum absolute atomic E-state index is 0.122. The van der Waals surface area contributed by atoms with Crippen LogP contribution in [0.2, 0.25) is 5.02 Å². The van der Waals surface area contributed by atoms with Crippen molar-refractivity contribution in [1.82, 2.24) is 9.78 Å². The third-order valence-electron chi connectivity index (χ3n) is 4.05. The summed E-state index contributed by atoms with van der Waals surface area (Å²) in [5.41, 5.74) is -4.15. The Labute approximate surface area is 174 Å². The van der Waals surface area contributed by atoms with Gasteiger partial charge in [0, 0.05) is 22.4 Å². The van der Waals surface area contributed by atoms with E-state index in [1.54, 1.807) is 0 Å². The highest BCUT2D eigenvalue weighted by Crippen LogP contribution is 2.50. The van der Waals surface area contributed by atoms with Crippen molar-refractivity contribution in [2.45, 2.75) is 19.3 Å². The van der Waals surface area contributed by atoms with Crippen LogP contribution in [-0.4, -0.2) is 29.4 Å². The molecule has 0 saturated carbocycles. The predicted molar refractivity (Wildman–Crippen MR) is 108 cm³/mol. The fourth-order valence-corrected chi connectivity index (χ4v) is 3.54. The molecule has 1 heterocycles. The molecule has 0 radical (unpaired) electrons. The van der Waals surface area contributed by atoms with Crippen molar-refractivity contribution in [2.75, 3.05) is 13.3 Å². The number of benzene rings is 1. The van der Waals surface area contributed by atoms with E-state index in [0.29, 0.717) is 4.77 Å². The average Bonchev–Trinajstić information content (AvgIpc) is 2.86. The number of nitrogens with zero attached hydrogens (tertiary/aromatic N) is 2. The number of rotatable bonds is 3. The first kappa shape index (κ1) is 23.9. The first-order valence-electron chi connectivity index (χ1n) is 8.02. The third-order valence-corrected chi connectivity index (χ3v) is 7.15. The molecule has 0 bridgehead atoms. The van der Waals surface area contributed by atoms with Gasteiger partial charge in [0.2, 0.25) is 0 Å². The molecule has 0 aliphatic heterocycles. The van der Waals surface area contributed by atoms with Gasteiger partial charge in [-0.2, -0.15) is 31.4 Å². The largest absolute Gasteiger partial charge is 0.433 e. The minimum Gasteiger partial charge on any atom is -0.262 e. The Kier molecular flexibility index (Phi) is 6.36. The Bertz CT molecular complexity index is 1030. The second kappa shape index (κ2) is 7.71. The van der Waals surface area contributed by atoms with Gasteiger partial charge in [0.1, 0.15) is 11.3 Å². The van der Waals surface area contributed by atoms with Crippen molar-refractivity contribution < 1.29 is 26.3 Å². The van der Waals surface area contributed by atoms with Gasteiger partial charge < -0.3 is 0 Å². The standard InChI is InChI=1S/C18H17Cl2F6N2P/c1-9-6-12(19)10(8-13(20)29(3,4)5)7-11(9)15-14(17(21,22)23)16(18(24,25)26)28(2)27-15/h6-8H,3H2,1-2,4-5H3/b13-8+. The first-order valence-corrected chi connectivity index (χ1v) is 11.6. The van der Waals surface area contributed by atoms with Gasteiger partial charge in [-0.15, -0.1) is 0 Å². The zero-order valence-corrected chi connectivity index (χ0v) is 18.2. The molecule has 0 aliphatic carbocycles. The van der Waals surface area contributed by atoms with Crippen LogP contribution in [-0.2, 0) is 19.4 Å². The highest BCUT2D eigenvalue weighted by Gasteiger charge is 2.49. The predicted octanol–water partition coefficient (Wildman–Crippen LogP) is 7.33. The second-order valence-corrected chi connectivity index (χ2v) is 12.0. The molecule has 2 aromatic rings. The van der Waals surface area contributed by atoms with Crippen molar-refractivity contribution in [3.05, 3.63) is 44.3 Å². The van der Waals surface area contributed by atoms with Gasteiger partial charge in [0.15, 0.2) is 5.69 Å². The Morgan fingerprint density at radius 1 is 1.14 bits per heavy atom. The molecule has 0 saturated heterocycles. The number of aryl methyl sites for hydroxylation is 2. The van der Waals surface area contributed by atoms with Crippen LogP contribution in [0, 0.1) is 6.92 Å². The summed E-state index contributed by atoms with van der Waals surface area (Å²) in [6, 6.07) is 2.62. The van der Waals surface area contributed by atoms with E-state index < -0.39 is 36.2 Å². The lowest BCUT2D eigenvalue weighted by Gasteiger charge is -2.15. The van der Waals surface area contributed by atoms with Gasteiger partial charge in [0.05, 0.1) is 0 Å². The van der Waals surface area contributed by atoms with Crippen LogP contribution >= 0.6 is 30.1 Å². The summed E-state index contributed by atoms with van der Waals surface area (Å²) in [6.45, 7) is 3.21. The lowest BCUT2D eigenvalue weighted by Crippen LogP contribution is -2.19. The minimum atomic E-state index is -5.27. The van der Waals surface area contributed by atoms with Gasteiger partial charge in [0.25, 0.3) is 0 Å². The van der Waals surface area contributed by atoms with E-state index >= 15 is 0 Å². The Morgan fingerprint density at radius 3 is 2.14 bits per heavy atom. The van der Waals surface area contributed by atoms with Crippen molar-refractivity contribution in [3.63, 3.8) is 0 Å². The summed E-state index contributed by atoms with van der Waals surface area (Å²) < 4.78 is 81.3. The Hall–Kier alpha value is -1.37. The lowest BCUT2D eigenvalue weighted by molar-refractivity contribution is -0.165. The van der Waals surface area contributed by atoms with Crippen LogP contribution in [0.4, 0.5) is 26.3 Å². The van der Waals surface area contributed by atoms with Crippen LogP contribution in [0.5, 0.6) is 0 Å². The van der Waals surface area contributed by atoms with Gasteiger partial charge >= 0.3 is 12.4 Å². The quantitative estimate of drug-likeness (QED) is 0.334. The fraction of sp³-hybridized carbons (Fsp3) is 0.333. The van der Waals surface area contributed by atoms with Crippen LogP contribution in [0.3, 0.4) is 0 Å². The van der Waals surface area contributed by atoms with Gasteiger partial charge in [-0.3, -0.25) is 4.68 Å². The average molecular weight is 477 g/mol. The number of hydrogen-bond donors (Lipinski definition) is 0. The number of hydrogen-bond acceptors (Lipinski definition) is 1. The highest BCUT2D eigenvalue weighted by molar-refractivity contribution is 7.78. The normalized spacial score (nSPS) is 13.9. The maximum absolute atomic E-state index is 13.6. The molecule has 0 N–H and O–H groups in total. The molecule has 0 unspecified atom stereocenters. The van der Waals surface area contributed by atoms with E-state index in [1.807, 2.05) is 13.3 Å². The molecule has 1 aromatic heterocycles. The SMILES string of the molecule is C=P(C)(C)/C(Cl)=C/c1cc(-c2nn(C)c(C(F)(F)F)c2C(F)(F)F)c(C)cc1Cl. The summed E-state index contributed by atoms with van der Waals surface area (Å²) in [6.07, 6.45) is -5.08. The van der Waals surface area contributed by atoms with E-state index in [4.69, 9.17) is 23.2 Å². The highest BCUT2D eigenvalue weighted by atomic mass is 35.5. The molecule has 0 fully saturated rings. The summed E-state index contributed by atoms with van der Waals surface area (Å²) in [5, 5.41) is 3.74. The summed E-state index contributed by atoms with van der Waals surface area (Å²) in [5.74, 6) is 0. The molecule has 2 nitrogen and oxygen atoms in total. The number of aromatic nitrogens is 2. The van der Waals surface area contributed by atoms with E-state index in [2.05, 4.69) is 11.4 Å². The Balaban J connectivity index is 2.86. The summed E-state index contributed by atoms with van der Waals surface area (Å²) in [7, 11) is 0.820. The smallest absolute Gasteiger partial charge is 0.262 e. The van der Waals surface area contributed by atoms with E-state index in [9.17, 15) is 26.3 Å². The zero-order valence-electron chi connectivity index (χ0n) is 15.8. The number of alkyl halides is 6. The fourth-order valence-electron chi connectivity index (χ4n) is 2.66. The Morgan fingerprint density at radius 2 is 1.69 bits per heavy atom. The second-order valence-electron chi connectivity index (χ2n) is 7.03. The lowest BCUT2D eigenvalue weighted by atomic mass is 9.98. The molecule has 29 heavy (non-hydrogen) atoms. The monoisotopic (exact) mass is 476 g/mol. The van der Waals surface area contributed by atoms with E-state index in [-0.39, 0.29) is 26.4 Å². The molecule has 0 amide bonds. The molecular weight excluding hydrogens is 460 g/mol. The molecule has 160 valence electrons. The molecule has 1 aromatic carbocycles. The maximum atomic E-state index is 13.6. The molecule has 11 heteroatoms. The summed E-state index contributed by atoms with van der Waals surface area (Å²) in [4.78, 5) is 0. The van der Waals surface area contributed by atoms with Gasteiger partial charge in [-0.25, -0.2) is 0 Å². The van der Waals surface area contributed by atoms with Crippen LogP contribution < -0.4 is 0 Å². The van der Waals surface area contributed by atoms with Crippen LogP contribution in [0.25, 0.3) is 17.3 Å². The molecule has 0 atom stereocenters. The van der Waals surface area contributed by atoms with Crippen molar-refractivity contribution in [2.24, 2.45) is 7.05 Å². The molecule has 0 aliphatic rings. The van der Waals surface area contributed by atoms with Crippen molar-refractivity contribution in [1.29, 1.82) is 0 Å². The van der Waals surface area contributed by atoms with Crippen LogP contribution in [0.1, 0.15) is 22.4 Å². The van der Waals surface area contributed by atoms with Crippen molar-refractivity contribution in [3.8, 4) is 11.3 Å². The van der Waals surface area contributed by atoms with Gasteiger partial charge in [-0.05, 0) is 49.6 Å². The molecule has 2 rings (SSSR count). The number of halogens is 8.